The number of hydrogen-bond donors (Lipinski definition) is 0. The van der Waals surface area contributed by atoms with Crippen molar-refractivity contribution in [2.45, 2.75) is 33.9 Å². The van der Waals surface area contributed by atoms with Gasteiger partial charge < -0.3 is 24.8 Å². The van der Waals surface area contributed by atoms with Gasteiger partial charge in [0.25, 0.3) is 0 Å². The minimum absolute atomic E-state index is 0. The van der Waals surface area contributed by atoms with Crippen LogP contribution in [0.2, 0.25) is 0 Å². The smallest absolute Gasteiger partial charge is 1.00 e. The molecule has 2 unspecified atom stereocenters. The summed E-state index contributed by atoms with van der Waals surface area (Å²) in [6.07, 6.45) is 2.17. The Hall–Kier alpha value is -2.18. The van der Waals surface area contributed by atoms with Gasteiger partial charge in [-0.3, -0.25) is 0 Å². The molecule has 0 saturated heterocycles. The van der Waals surface area contributed by atoms with Crippen LogP contribution >= 0.6 is 0 Å². The molecule has 0 spiro atoms. The second-order valence-electron chi connectivity index (χ2n) is 9.43. The second kappa shape index (κ2) is 12.1. The third-order valence-corrected chi connectivity index (χ3v) is 12.2. The maximum Gasteiger partial charge on any atom is -1.00 e. The Morgan fingerprint density at radius 1 is 0.486 bits per heavy atom. The fourth-order valence-electron chi connectivity index (χ4n) is 6.19. The monoisotopic (exact) mass is 598 g/mol. The third-order valence-electron chi connectivity index (χ3n) is 7.63. The number of allylic oxidation sites excluding steroid dienone is 4. The molecule has 0 saturated carbocycles. The Balaban J connectivity index is 0.00000160. The zero-order valence-electron chi connectivity index (χ0n) is 21.2. The van der Waals surface area contributed by atoms with Crippen molar-refractivity contribution in [3.8, 4) is 0 Å². The first kappa shape index (κ1) is 27.8. The molecule has 0 fully saturated rings. The Labute approximate surface area is 245 Å². The van der Waals surface area contributed by atoms with E-state index in [1.54, 1.807) is 33.4 Å². The molecule has 2 atom stereocenters. The molecule has 0 nitrogen and oxygen atoms in total. The molecular formula is C34H30Cl2Zr. The third kappa shape index (κ3) is 4.87. The minimum Gasteiger partial charge on any atom is -1.00 e. The van der Waals surface area contributed by atoms with Gasteiger partial charge in [-0.25, -0.2) is 0 Å². The maximum absolute atomic E-state index is 2.42. The van der Waals surface area contributed by atoms with E-state index in [1.165, 1.54) is 22.3 Å². The van der Waals surface area contributed by atoms with Crippen LogP contribution in [0.3, 0.4) is 0 Å². The van der Waals surface area contributed by atoms with Crippen LogP contribution in [0.15, 0.2) is 109 Å². The van der Waals surface area contributed by atoms with Crippen molar-refractivity contribution >= 4 is 22.3 Å². The van der Waals surface area contributed by atoms with Crippen LogP contribution in [0, 0.1) is 0 Å². The Morgan fingerprint density at radius 3 is 1.22 bits per heavy atom. The first-order chi connectivity index (χ1) is 17.3. The molecule has 0 N–H and O–H groups in total. The molecule has 6 rings (SSSR count). The first-order valence-corrected chi connectivity index (χ1v) is 15.7. The molecule has 37 heavy (non-hydrogen) atoms. The van der Waals surface area contributed by atoms with Gasteiger partial charge in [-0.15, -0.1) is 0 Å². The SMILES string of the molecule is CCC1=C(c2ccccc2)[CH]([Zr+2][CH]2C(c3ccccc3)=C(CC)c3ccccc32)c2ccccc21.[Cl-].[Cl-]. The van der Waals surface area contributed by atoms with Crippen molar-refractivity contribution < 1.29 is 48.0 Å². The zero-order valence-corrected chi connectivity index (χ0v) is 25.2. The van der Waals surface area contributed by atoms with Gasteiger partial charge in [-0.05, 0) is 0 Å². The average molecular weight is 601 g/mol. The predicted octanol–water partition coefficient (Wildman–Crippen LogP) is 3.23. The fraction of sp³-hybridized carbons (Fsp3) is 0.176. The molecule has 0 bridgehead atoms. The number of benzene rings is 4. The Bertz CT molecular complexity index is 1330. The van der Waals surface area contributed by atoms with Crippen LogP contribution in [0.5, 0.6) is 0 Å². The van der Waals surface area contributed by atoms with Crippen LogP contribution in [0.1, 0.15) is 67.3 Å². The summed E-state index contributed by atoms with van der Waals surface area (Å²) >= 11 is -1.02. The zero-order chi connectivity index (χ0) is 23.8. The molecule has 0 heterocycles. The van der Waals surface area contributed by atoms with Crippen LogP contribution in [-0.2, 0) is 23.2 Å². The molecule has 2 aliphatic carbocycles. The van der Waals surface area contributed by atoms with Crippen molar-refractivity contribution in [1.29, 1.82) is 0 Å². The average Bonchev–Trinajstić information content (AvgIpc) is 3.42. The normalized spacial score (nSPS) is 17.5. The van der Waals surface area contributed by atoms with Gasteiger partial charge in [-0.1, -0.05) is 0 Å². The molecule has 184 valence electrons. The van der Waals surface area contributed by atoms with Gasteiger partial charge in [0, 0.05) is 0 Å². The van der Waals surface area contributed by atoms with E-state index in [-0.39, 0.29) is 24.8 Å². The second-order valence-corrected chi connectivity index (χ2v) is 13.1. The van der Waals surface area contributed by atoms with Gasteiger partial charge in [0.05, 0.1) is 0 Å². The summed E-state index contributed by atoms with van der Waals surface area (Å²) in [6, 6.07) is 40.9. The number of halogens is 2. The molecule has 4 aromatic carbocycles. The van der Waals surface area contributed by atoms with Gasteiger partial charge in [0.15, 0.2) is 0 Å². The minimum atomic E-state index is -1.02. The fourth-order valence-corrected chi connectivity index (χ4v) is 11.6. The van der Waals surface area contributed by atoms with Crippen LogP contribution in [-0.4, -0.2) is 0 Å². The first-order valence-electron chi connectivity index (χ1n) is 12.8. The van der Waals surface area contributed by atoms with E-state index in [9.17, 15) is 0 Å². The van der Waals surface area contributed by atoms with Crippen molar-refractivity contribution in [1.82, 2.24) is 0 Å². The van der Waals surface area contributed by atoms with E-state index in [1.807, 2.05) is 0 Å². The summed E-state index contributed by atoms with van der Waals surface area (Å²) in [4.78, 5) is 0. The molecule has 0 radical (unpaired) electrons. The Kier molecular flexibility index (Phi) is 9.12. The van der Waals surface area contributed by atoms with E-state index >= 15 is 0 Å². The molecule has 0 aliphatic heterocycles. The van der Waals surface area contributed by atoms with E-state index in [4.69, 9.17) is 0 Å². The van der Waals surface area contributed by atoms with Gasteiger partial charge >= 0.3 is 222 Å². The molecule has 3 heteroatoms. The van der Waals surface area contributed by atoms with Crippen molar-refractivity contribution in [2.75, 3.05) is 0 Å². The standard InChI is InChI=1S/2C17H15.2ClH.Zr/c2*1-2-15-16-11-7-6-10-14(16)12-17(15)13-8-4-3-5-9-13;;;/h2*3-12H,2H2,1H3;2*1H;/q;;;;+2/p-2. The predicted molar refractivity (Wildman–Crippen MR) is 145 cm³/mol. The summed E-state index contributed by atoms with van der Waals surface area (Å²) in [5.41, 5.74) is 15.3. The summed E-state index contributed by atoms with van der Waals surface area (Å²) in [5, 5.41) is 0. The van der Waals surface area contributed by atoms with Gasteiger partial charge in [-0.2, -0.15) is 0 Å². The molecule has 0 aromatic heterocycles. The Morgan fingerprint density at radius 2 is 0.838 bits per heavy atom. The number of hydrogen-bond acceptors (Lipinski definition) is 0. The summed E-state index contributed by atoms with van der Waals surface area (Å²) in [6.45, 7) is 4.66. The topological polar surface area (TPSA) is 0 Å². The molecule has 0 amide bonds. The summed E-state index contributed by atoms with van der Waals surface area (Å²) in [7, 11) is 0. The van der Waals surface area contributed by atoms with Crippen molar-refractivity contribution in [3.63, 3.8) is 0 Å². The quantitative estimate of drug-likeness (QED) is 0.319. The van der Waals surface area contributed by atoms with Crippen LogP contribution in [0.25, 0.3) is 22.3 Å². The number of fused-ring (bicyclic) bond motifs is 2. The van der Waals surface area contributed by atoms with Crippen LogP contribution in [0.4, 0.5) is 0 Å². The van der Waals surface area contributed by atoms with Gasteiger partial charge in [0.2, 0.25) is 0 Å². The van der Waals surface area contributed by atoms with E-state index in [2.05, 4.69) is 123 Å². The van der Waals surface area contributed by atoms with E-state index in [0.717, 1.165) is 12.8 Å². The van der Waals surface area contributed by atoms with Crippen LogP contribution < -0.4 is 24.8 Å². The molecule has 4 aromatic rings. The van der Waals surface area contributed by atoms with Crippen molar-refractivity contribution in [3.05, 3.63) is 143 Å². The molecular weight excluding hydrogens is 571 g/mol. The maximum atomic E-state index is 2.42. The van der Waals surface area contributed by atoms with Gasteiger partial charge in [0.1, 0.15) is 0 Å². The van der Waals surface area contributed by atoms with E-state index < -0.39 is 23.2 Å². The summed E-state index contributed by atoms with van der Waals surface area (Å²) < 4.78 is 1.11. The van der Waals surface area contributed by atoms with Crippen molar-refractivity contribution in [2.24, 2.45) is 0 Å². The number of rotatable bonds is 6. The summed E-state index contributed by atoms with van der Waals surface area (Å²) in [5.74, 6) is 0. The van der Waals surface area contributed by atoms with E-state index in [0.29, 0.717) is 7.25 Å². The largest absolute Gasteiger partial charge is 1.00 e. The molecule has 2 aliphatic rings.